The van der Waals surface area contributed by atoms with E-state index < -0.39 is 0 Å². The van der Waals surface area contributed by atoms with E-state index in [4.69, 9.17) is 5.73 Å². The lowest BCUT2D eigenvalue weighted by molar-refractivity contribution is 0.926. The number of nitrogens with two attached hydrogens (primary N) is 1. The summed E-state index contributed by atoms with van der Waals surface area (Å²) in [7, 11) is 0. The standard InChI is InChI=1S/C8H13N3S/c1-6(5-9)12-8-3-4-10-7(2)11-8/h3-4,6H,5,9H2,1-2H3. The van der Waals surface area contributed by atoms with Crippen molar-refractivity contribution in [3.8, 4) is 0 Å². The summed E-state index contributed by atoms with van der Waals surface area (Å²) < 4.78 is 0. The molecule has 0 bridgehead atoms. The van der Waals surface area contributed by atoms with E-state index in [-0.39, 0.29) is 0 Å². The van der Waals surface area contributed by atoms with Crippen LogP contribution in [0.4, 0.5) is 0 Å². The highest BCUT2D eigenvalue weighted by molar-refractivity contribution is 7.99. The molecule has 12 heavy (non-hydrogen) atoms. The lowest BCUT2D eigenvalue weighted by Gasteiger charge is -2.06. The van der Waals surface area contributed by atoms with Gasteiger partial charge in [-0.3, -0.25) is 0 Å². The summed E-state index contributed by atoms with van der Waals surface area (Å²) in [6, 6.07) is 1.91. The predicted molar refractivity (Wildman–Crippen MR) is 51.1 cm³/mol. The molecule has 0 aliphatic rings. The van der Waals surface area contributed by atoms with Gasteiger partial charge in [0, 0.05) is 18.0 Å². The minimum Gasteiger partial charge on any atom is -0.329 e. The van der Waals surface area contributed by atoms with Crippen molar-refractivity contribution in [2.24, 2.45) is 5.73 Å². The zero-order valence-corrected chi connectivity index (χ0v) is 8.14. The zero-order chi connectivity index (χ0) is 8.97. The molecule has 0 spiro atoms. The van der Waals surface area contributed by atoms with Crippen LogP contribution in [0.5, 0.6) is 0 Å². The fraction of sp³-hybridized carbons (Fsp3) is 0.500. The summed E-state index contributed by atoms with van der Waals surface area (Å²) in [6.07, 6.45) is 1.77. The Bertz CT molecular complexity index is 252. The topological polar surface area (TPSA) is 51.8 Å². The van der Waals surface area contributed by atoms with Crippen molar-refractivity contribution in [3.05, 3.63) is 18.1 Å². The highest BCUT2D eigenvalue weighted by atomic mass is 32.2. The second-order valence-electron chi connectivity index (χ2n) is 2.61. The maximum Gasteiger partial charge on any atom is 0.126 e. The molecular weight excluding hydrogens is 170 g/mol. The second kappa shape index (κ2) is 4.42. The highest BCUT2D eigenvalue weighted by Crippen LogP contribution is 2.19. The Labute approximate surface area is 76.8 Å². The average Bonchev–Trinajstić information content (AvgIpc) is 2.04. The van der Waals surface area contributed by atoms with Crippen molar-refractivity contribution in [2.75, 3.05) is 6.54 Å². The minimum absolute atomic E-state index is 0.416. The number of aryl methyl sites for hydroxylation is 1. The van der Waals surface area contributed by atoms with Gasteiger partial charge in [-0.15, -0.1) is 11.8 Å². The van der Waals surface area contributed by atoms with Gasteiger partial charge in [-0.1, -0.05) is 6.92 Å². The van der Waals surface area contributed by atoms with E-state index in [1.165, 1.54) is 0 Å². The maximum atomic E-state index is 5.49. The van der Waals surface area contributed by atoms with Gasteiger partial charge in [0.05, 0.1) is 5.03 Å². The summed E-state index contributed by atoms with van der Waals surface area (Å²) in [5.74, 6) is 0.809. The third-order valence-electron chi connectivity index (χ3n) is 1.40. The third kappa shape index (κ3) is 2.79. The molecule has 66 valence electrons. The summed E-state index contributed by atoms with van der Waals surface area (Å²) in [5.41, 5.74) is 5.49. The molecular formula is C8H13N3S. The largest absolute Gasteiger partial charge is 0.329 e. The van der Waals surface area contributed by atoms with Crippen molar-refractivity contribution >= 4 is 11.8 Å². The van der Waals surface area contributed by atoms with Crippen LogP contribution < -0.4 is 5.73 Å². The molecule has 0 fully saturated rings. The van der Waals surface area contributed by atoms with E-state index >= 15 is 0 Å². The van der Waals surface area contributed by atoms with Crippen LogP contribution in [0.15, 0.2) is 17.3 Å². The van der Waals surface area contributed by atoms with Crippen molar-refractivity contribution in [1.29, 1.82) is 0 Å². The van der Waals surface area contributed by atoms with Crippen LogP contribution in [-0.2, 0) is 0 Å². The highest BCUT2D eigenvalue weighted by Gasteiger charge is 2.02. The molecule has 0 aliphatic heterocycles. The Kier molecular flexibility index (Phi) is 3.49. The quantitative estimate of drug-likeness (QED) is 0.565. The van der Waals surface area contributed by atoms with E-state index in [0.717, 1.165) is 10.9 Å². The molecule has 0 aromatic carbocycles. The first-order valence-electron chi connectivity index (χ1n) is 3.88. The summed E-state index contributed by atoms with van der Waals surface area (Å²) in [5, 5.41) is 1.42. The van der Waals surface area contributed by atoms with Crippen LogP contribution >= 0.6 is 11.8 Å². The zero-order valence-electron chi connectivity index (χ0n) is 7.32. The number of nitrogens with zero attached hydrogens (tertiary/aromatic N) is 2. The van der Waals surface area contributed by atoms with E-state index in [1.807, 2.05) is 13.0 Å². The molecule has 1 aromatic heterocycles. The molecule has 0 amide bonds. The second-order valence-corrected chi connectivity index (χ2v) is 4.06. The predicted octanol–water partition coefficient (Wildman–Crippen LogP) is 1.22. The number of thioether (sulfide) groups is 1. The number of hydrogen-bond donors (Lipinski definition) is 1. The van der Waals surface area contributed by atoms with E-state index in [2.05, 4.69) is 16.9 Å². The fourth-order valence-corrected chi connectivity index (χ4v) is 1.59. The molecule has 0 radical (unpaired) electrons. The lowest BCUT2D eigenvalue weighted by Crippen LogP contribution is -2.12. The number of hydrogen-bond acceptors (Lipinski definition) is 4. The Balaban J connectivity index is 2.63. The molecule has 1 aromatic rings. The first kappa shape index (κ1) is 9.48. The van der Waals surface area contributed by atoms with E-state index in [9.17, 15) is 0 Å². The Morgan fingerprint density at radius 1 is 1.67 bits per heavy atom. The molecule has 3 nitrogen and oxygen atoms in total. The van der Waals surface area contributed by atoms with Gasteiger partial charge < -0.3 is 5.73 Å². The molecule has 4 heteroatoms. The molecule has 0 saturated carbocycles. The third-order valence-corrected chi connectivity index (χ3v) is 2.47. The molecule has 1 atom stereocenters. The summed E-state index contributed by atoms with van der Waals surface area (Å²) in [6.45, 7) is 4.65. The molecule has 0 saturated heterocycles. The van der Waals surface area contributed by atoms with E-state index in [1.54, 1.807) is 18.0 Å². The average molecular weight is 183 g/mol. The van der Waals surface area contributed by atoms with Gasteiger partial charge in [0.1, 0.15) is 5.82 Å². The molecule has 2 N–H and O–H groups in total. The normalized spacial score (nSPS) is 12.9. The van der Waals surface area contributed by atoms with E-state index in [0.29, 0.717) is 11.8 Å². The van der Waals surface area contributed by atoms with Crippen LogP contribution in [-0.4, -0.2) is 21.8 Å². The summed E-state index contributed by atoms with van der Waals surface area (Å²) >= 11 is 1.68. The smallest absolute Gasteiger partial charge is 0.126 e. The van der Waals surface area contributed by atoms with Gasteiger partial charge in [-0.2, -0.15) is 0 Å². The Morgan fingerprint density at radius 2 is 2.42 bits per heavy atom. The lowest BCUT2D eigenvalue weighted by atomic mass is 10.5. The van der Waals surface area contributed by atoms with Gasteiger partial charge >= 0.3 is 0 Å². The van der Waals surface area contributed by atoms with Crippen LogP contribution in [0, 0.1) is 6.92 Å². The number of rotatable bonds is 3. The van der Waals surface area contributed by atoms with Gasteiger partial charge in [0.15, 0.2) is 0 Å². The fourth-order valence-electron chi connectivity index (χ4n) is 0.754. The molecule has 1 unspecified atom stereocenters. The van der Waals surface area contributed by atoms with Crippen molar-refractivity contribution < 1.29 is 0 Å². The van der Waals surface area contributed by atoms with Gasteiger partial charge in [0.25, 0.3) is 0 Å². The monoisotopic (exact) mass is 183 g/mol. The minimum atomic E-state index is 0.416. The first-order valence-corrected chi connectivity index (χ1v) is 4.76. The van der Waals surface area contributed by atoms with Crippen LogP contribution in [0.25, 0.3) is 0 Å². The Hall–Kier alpha value is -0.610. The van der Waals surface area contributed by atoms with Gasteiger partial charge in [0.2, 0.25) is 0 Å². The number of aromatic nitrogens is 2. The van der Waals surface area contributed by atoms with Gasteiger partial charge in [-0.05, 0) is 13.0 Å². The SMILES string of the molecule is Cc1nccc(SC(C)CN)n1. The molecule has 1 rings (SSSR count). The Morgan fingerprint density at radius 3 is 3.00 bits per heavy atom. The van der Waals surface area contributed by atoms with Crippen molar-refractivity contribution in [1.82, 2.24) is 9.97 Å². The van der Waals surface area contributed by atoms with Crippen molar-refractivity contribution in [3.63, 3.8) is 0 Å². The van der Waals surface area contributed by atoms with Gasteiger partial charge in [-0.25, -0.2) is 9.97 Å². The molecule has 1 heterocycles. The first-order chi connectivity index (χ1) is 5.72. The van der Waals surface area contributed by atoms with Crippen LogP contribution in [0.3, 0.4) is 0 Å². The van der Waals surface area contributed by atoms with Crippen LogP contribution in [0.2, 0.25) is 0 Å². The van der Waals surface area contributed by atoms with Crippen LogP contribution in [0.1, 0.15) is 12.7 Å². The molecule has 0 aliphatic carbocycles. The summed E-state index contributed by atoms with van der Waals surface area (Å²) in [4.78, 5) is 8.27. The maximum absolute atomic E-state index is 5.49. The van der Waals surface area contributed by atoms with Crippen molar-refractivity contribution in [2.45, 2.75) is 24.1 Å².